The van der Waals surface area contributed by atoms with Gasteiger partial charge in [0.1, 0.15) is 0 Å². The molecule has 0 radical (unpaired) electrons. The van der Waals surface area contributed by atoms with Gasteiger partial charge in [-0.15, -0.1) is 0 Å². The second-order valence-corrected chi connectivity index (χ2v) is 38.0. The van der Waals surface area contributed by atoms with E-state index < -0.39 is 0 Å². The summed E-state index contributed by atoms with van der Waals surface area (Å²) in [4.78, 5) is 31.3. The van der Waals surface area contributed by atoms with E-state index in [4.69, 9.17) is 29.9 Å². The Morgan fingerprint density at radius 2 is 0.385 bits per heavy atom. The van der Waals surface area contributed by atoms with Gasteiger partial charge in [-0.05, 0) is 197 Å². The van der Waals surface area contributed by atoms with Gasteiger partial charge in [0.2, 0.25) is 11.9 Å². The molecule has 0 saturated carbocycles. The third-order valence-corrected chi connectivity index (χ3v) is 29.6. The monoisotopic (exact) mass is 1890 g/mol. The fourth-order valence-electron chi connectivity index (χ4n) is 22.8. The summed E-state index contributed by atoms with van der Waals surface area (Å²) in [5.41, 5.74) is 32.7. The van der Waals surface area contributed by atoms with Crippen LogP contribution in [0.1, 0.15) is 0 Å². The predicted molar refractivity (Wildman–Crippen MR) is 615 cm³/mol. The molecule has 690 valence electrons. The maximum Gasteiger partial charge on any atom is 0.235 e. The molecule has 0 saturated heterocycles. The lowest BCUT2D eigenvalue weighted by atomic mass is 9.99. The van der Waals surface area contributed by atoms with Gasteiger partial charge in [0.15, 0.2) is 5.82 Å². The molecule has 31 aromatic rings. The van der Waals surface area contributed by atoms with E-state index >= 15 is 0 Å². The number of aromatic nitrogens is 12. The summed E-state index contributed by atoms with van der Waals surface area (Å²) >= 11 is 0. The molecule has 0 aliphatic carbocycles. The maximum atomic E-state index is 5.42. The minimum absolute atomic E-state index is 0.650. The molecule has 0 aliphatic heterocycles. The highest BCUT2D eigenvalue weighted by molar-refractivity contribution is 6.17. The molecule has 0 fully saturated rings. The summed E-state index contributed by atoms with van der Waals surface area (Å²) in [6.07, 6.45) is 0. The second kappa shape index (κ2) is 35.0. The standard InChI is InChI=1S/C48H30N4.2C44H28N4/c1-2-12-31(13-3-1)34-24-26-40-42(29-34)49-48(50-47(40)35-23-22-32-14-4-5-15-33(32)28-35)52-45-21-11-8-18-39(45)41-30-36(25-27-46(41)52)51-43-19-9-6-16-37(43)38-17-7-10-20-44(38)51;1-2-12-29(13-3-1)43-36-17-4-8-18-38(36)45-44(46-43)30-22-24-31(25-23-30)47-41-21-11-7-16-35(41)37-28-32(26-27-42(37)47)48-39-19-9-5-14-33(39)34-15-6-10-20-40(34)48;1-2-12-29(13-3-1)30-22-24-31(25-23-30)43-36-17-4-8-18-38(36)45-44(46-43)48-41-21-11-7-16-35(41)37-28-32(26-27-42(37)48)47-39-19-9-5-14-33(39)34-15-6-10-20-40(34)47/h1-30H;2*1-28H. The van der Waals surface area contributed by atoms with Gasteiger partial charge >= 0.3 is 0 Å². The van der Waals surface area contributed by atoms with Crippen LogP contribution in [-0.2, 0) is 0 Å². The molecule has 0 unspecified atom stereocenters. The van der Waals surface area contributed by atoms with E-state index in [1.807, 2.05) is 30.3 Å². The summed E-state index contributed by atoms with van der Waals surface area (Å²) in [5.74, 6) is 2.03. The van der Waals surface area contributed by atoms with E-state index in [1.165, 1.54) is 115 Å². The first-order valence-corrected chi connectivity index (χ1v) is 50.2. The first-order valence-electron chi connectivity index (χ1n) is 50.2. The molecule has 0 aliphatic rings. The van der Waals surface area contributed by atoms with Gasteiger partial charge in [0.25, 0.3) is 0 Å². The van der Waals surface area contributed by atoms with Crippen LogP contribution in [0.5, 0.6) is 0 Å². The molecule has 0 amide bonds. The van der Waals surface area contributed by atoms with Crippen LogP contribution in [0.15, 0.2) is 522 Å². The summed E-state index contributed by atoms with van der Waals surface area (Å²) < 4.78 is 14.0. The lowest BCUT2D eigenvalue weighted by Crippen LogP contribution is -2.04. The summed E-state index contributed by atoms with van der Waals surface area (Å²) in [7, 11) is 0. The molecule has 9 heterocycles. The molecule has 9 aromatic heterocycles. The molecule has 22 aromatic carbocycles. The summed E-state index contributed by atoms with van der Waals surface area (Å²) in [6, 6.07) is 185. The Morgan fingerprint density at radius 1 is 0.122 bits per heavy atom. The van der Waals surface area contributed by atoms with Crippen LogP contribution in [-0.4, -0.2) is 57.3 Å². The predicted octanol–water partition coefficient (Wildman–Crippen LogP) is 34.6. The van der Waals surface area contributed by atoms with Crippen LogP contribution in [0.25, 0.3) is 276 Å². The number of benzene rings is 22. The molecule has 12 heteroatoms. The number of hydrogen-bond donors (Lipinski definition) is 0. The molecule has 0 N–H and O–H groups in total. The van der Waals surface area contributed by atoms with Crippen LogP contribution in [0.4, 0.5) is 0 Å². The quantitative estimate of drug-likeness (QED) is 0.121. The van der Waals surface area contributed by atoms with Crippen LogP contribution in [0.2, 0.25) is 0 Å². The van der Waals surface area contributed by atoms with E-state index in [1.54, 1.807) is 0 Å². The molecule has 31 rings (SSSR count). The van der Waals surface area contributed by atoms with Crippen molar-refractivity contribution in [3.63, 3.8) is 0 Å². The van der Waals surface area contributed by atoms with Crippen molar-refractivity contribution in [2.75, 3.05) is 0 Å². The topological polar surface area (TPSA) is 107 Å². The Balaban J connectivity index is 0.000000105. The molecule has 148 heavy (non-hydrogen) atoms. The van der Waals surface area contributed by atoms with E-state index in [0.717, 1.165) is 150 Å². The maximum absolute atomic E-state index is 5.42. The van der Waals surface area contributed by atoms with Crippen molar-refractivity contribution in [3.8, 4) is 102 Å². The summed E-state index contributed by atoms with van der Waals surface area (Å²) in [5, 5.41) is 20.1. The van der Waals surface area contributed by atoms with Crippen LogP contribution < -0.4 is 0 Å². The second-order valence-electron chi connectivity index (χ2n) is 38.0. The van der Waals surface area contributed by atoms with Crippen molar-refractivity contribution >= 4 is 174 Å². The first-order chi connectivity index (χ1) is 73.4. The zero-order valence-electron chi connectivity index (χ0n) is 80.0. The zero-order chi connectivity index (χ0) is 97.4. The van der Waals surface area contributed by atoms with Gasteiger partial charge in [0.05, 0.1) is 99.8 Å². The third-order valence-electron chi connectivity index (χ3n) is 29.6. The van der Waals surface area contributed by atoms with Gasteiger partial charge in [0, 0.05) is 126 Å². The minimum Gasteiger partial charge on any atom is -0.309 e. The summed E-state index contributed by atoms with van der Waals surface area (Å²) in [6.45, 7) is 0. The first kappa shape index (κ1) is 84.8. The molecular weight excluding hydrogens is 1800 g/mol. The highest BCUT2D eigenvalue weighted by Gasteiger charge is 2.26. The fourth-order valence-corrected chi connectivity index (χ4v) is 22.8. The minimum atomic E-state index is 0.650. The molecule has 0 spiro atoms. The Labute approximate surface area is 849 Å². The van der Waals surface area contributed by atoms with E-state index in [2.05, 4.69) is 519 Å². The number of fused-ring (bicyclic) bond motifs is 22. The smallest absolute Gasteiger partial charge is 0.235 e. The van der Waals surface area contributed by atoms with Crippen molar-refractivity contribution in [1.82, 2.24) is 57.3 Å². The van der Waals surface area contributed by atoms with Crippen molar-refractivity contribution in [1.29, 1.82) is 0 Å². The van der Waals surface area contributed by atoms with Crippen molar-refractivity contribution in [2.24, 2.45) is 0 Å². The van der Waals surface area contributed by atoms with Gasteiger partial charge < -0.3 is 18.3 Å². The van der Waals surface area contributed by atoms with E-state index in [9.17, 15) is 0 Å². The van der Waals surface area contributed by atoms with Gasteiger partial charge in [-0.25, -0.2) is 29.9 Å². The van der Waals surface area contributed by atoms with E-state index in [0.29, 0.717) is 11.9 Å². The van der Waals surface area contributed by atoms with Gasteiger partial charge in [-0.2, -0.15) is 0 Å². The Hall–Kier alpha value is -20.1. The molecular formula is C136H86N12. The molecule has 0 atom stereocenters. The third kappa shape index (κ3) is 14.1. The average Bonchev–Trinajstić information content (AvgIpc) is 1.58. The van der Waals surface area contributed by atoms with Crippen molar-refractivity contribution < 1.29 is 0 Å². The number of rotatable bonds is 12. The Kier molecular flexibility index (Phi) is 20.0. The largest absolute Gasteiger partial charge is 0.309 e. The van der Waals surface area contributed by atoms with Crippen LogP contribution in [0.3, 0.4) is 0 Å². The lowest BCUT2D eigenvalue weighted by Gasteiger charge is -2.14. The Morgan fingerprint density at radius 3 is 0.818 bits per heavy atom. The average molecular weight is 1890 g/mol. The van der Waals surface area contributed by atoms with Crippen LogP contribution in [0, 0.1) is 0 Å². The highest BCUT2D eigenvalue weighted by atomic mass is 15.2. The van der Waals surface area contributed by atoms with E-state index in [-0.39, 0.29) is 0 Å². The molecule has 12 nitrogen and oxygen atoms in total. The normalized spacial score (nSPS) is 11.8. The van der Waals surface area contributed by atoms with Crippen molar-refractivity contribution in [2.45, 2.75) is 0 Å². The fraction of sp³-hybridized carbons (Fsp3) is 0. The SMILES string of the molecule is c1ccc(-c2ccc(-c3nc(-n4c5ccccc5c5cc(-n6c7ccccc7c7ccccc76)ccc54)nc4ccccc34)cc2)cc1.c1ccc(-c2ccc3c(-c4ccc5ccccc5c4)nc(-n4c5ccccc5c5cc(-n6c7ccccc7c7ccccc76)ccc54)nc3c2)cc1.c1ccc(-c2nc(-c3ccc(-n4c5ccccc5c5cc(-n6c7ccccc7c7ccccc76)ccc54)cc3)nc3ccccc23)cc1. The number of para-hydroxylation sites is 11. The van der Waals surface area contributed by atoms with Crippen LogP contribution >= 0.6 is 0 Å². The number of nitrogens with zero attached hydrogens (tertiary/aromatic N) is 12. The number of hydrogen-bond acceptors (Lipinski definition) is 6. The van der Waals surface area contributed by atoms with Crippen molar-refractivity contribution in [3.05, 3.63) is 522 Å². The zero-order valence-corrected chi connectivity index (χ0v) is 80.0. The lowest BCUT2D eigenvalue weighted by molar-refractivity contribution is 1.01. The Bertz CT molecular complexity index is 10600. The van der Waals surface area contributed by atoms with Gasteiger partial charge in [-0.3, -0.25) is 9.13 Å². The highest BCUT2D eigenvalue weighted by Crippen LogP contribution is 2.45. The van der Waals surface area contributed by atoms with Gasteiger partial charge in [-0.1, -0.05) is 358 Å². The molecule has 0 bridgehead atoms.